The number of benzene rings is 2. The Balaban J connectivity index is 1.38. The molecule has 3 amide bonds. The second-order valence-electron chi connectivity index (χ2n) is 9.05. The van der Waals surface area contributed by atoms with Crippen LogP contribution in [0.5, 0.6) is 5.75 Å². The summed E-state index contributed by atoms with van der Waals surface area (Å²) in [6.45, 7) is 3.38. The van der Waals surface area contributed by atoms with Crippen LogP contribution in [0.15, 0.2) is 66.9 Å². The number of ether oxygens (including phenoxy) is 1. The third-order valence-electron chi connectivity index (χ3n) is 6.63. The zero-order chi connectivity index (χ0) is 23.7. The summed E-state index contributed by atoms with van der Waals surface area (Å²) in [5, 5.41) is 2.96. The van der Waals surface area contributed by atoms with Gasteiger partial charge in [-0.15, -0.1) is 0 Å². The highest BCUT2D eigenvalue weighted by atomic mass is 16.5. The van der Waals surface area contributed by atoms with Crippen LogP contribution in [0.25, 0.3) is 0 Å². The zero-order valence-corrected chi connectivity index (χ0v) is 19.6. The molecule has 1 atom stereocenters. The summed E-state index contributed by atoms with van der Waals surface area (Å²) in [6, 6.07) is 19.3. The van der Waals surface area contributed by atoms with E-state index in [1.165, 1.54) is 0 Å². The molecule has 5 rings (SSSR count). The van der Waals surface area contributed by atoms with Gasteiger partial charge >= 0.3 is 6.03 Å². The minimum atomic E-state index is -0.229. The van der Waals surface area contributed by atoms with Crippen molar-refractivity contribution in [3.8, 4) is 5.75 Å². The first-order valence-electron chi connectivity index (χ1n) is 11.8. The fraction of sp³-hybridized carbons (Fsp3) is 0.333. The van der Waals surface area contributed by atoms with E-state index in [4.69, 9.17) is 4.74 Å². The van der Waals surface area contributed by atoms with Gasteiger partial charge < -0.3 is 24.4 Å². The molecular formula is C27H30N4O3. The van der Waals surface area contributed by atoms with E-state index in [9.17, 15) is 9.59 Å². The molecule has 1 N–H and O–H groups in total. The molecule has 176 valence electrons. The van der Waals surface area contributed by atoms with E-state index in [2.05, 4.69) is 22.1 Å². The van der Waals surface area contributed by atoms with Crippen LogP contribution in [0.4, 0.5) is 10.5 Å². The van der Waals surface area contributed by atoms with Crippen LogP contribution in [-0.4, -0.2) is 52.5 Å². The largest absolute Gasteiger partial charge is 0.497 e. The molecular weight excluding hydrogens is 428 g/mol. The van der Waals surface area contributed by atoms with Crippen molar-refractivity contribution in [2.24, 2.45) is 0 Å². The lowest BCUT2D eigenvalue weighted by atomic mass is 9.99. The second-order valence-corrected chi connectivity index (χ2v) is 9.05. The molecule has 1 saturated carbocycles. The summed E-state index contributed by atoms with van der Waals surface area (Å²) < 4.78 is 7.63. The summed E-state index contributed by atoms with van der Waals surface area (Å²) in [7, 11) is 1.64. The number of amides is 3. The fourth-order valence-corrected chi connectivity index (χ4v) is 4.64. The average molecular weight is 459 g/mol. The maximum Gasteiger partial charge on any atom is 0.322 e. The van der Waals surface area contributed by atoms with Crippen molar-refractivity contribution in [1.29, 1.82) is 0 Å². The Kier molecular flexibility index (Phi) is 6.01. The van der Waals surface area contributed by atoms with Crippen LogP contribution in [0.3, 0.4) is 0 Å². The average Bonchev–Trinajstić information content (AvgIpc) is 3.58. The fourth-order valence-electron chi connectivity index (χ4n) is 4.64. The van der Waals surface area contributed by atoms with Gasteiger partial charge in [0, 0.05) is 36.7 Å². The molecule has 1 fully saturated rings. The summed E-state index contributed by atoms with van der Waals surface area (Å²) in [4.78, 5) is 30.4. The van der Waals surface area contributed by atoms with E-state index in [0.717, 1.165) is 47.6 Å². The molecule has 1 aliphatic heterocycles. The summed E-state index contributed by atoms with van der Waals surface area (Å²) in [5.41, 5.74) is 3.92. The Bertz CT molecular complexity index is 1180. The van der Waals surface area contributed by atoms with Gasteiger partial charge in [-0.2, -0.15) is 0 Å². The number of nitrogens with zero attached hydrogens (tertiary/aromatic N) is 3. The standard InChI is InChI=1S/C27H30N4O3/c1-19-8-10-21(11-9-19)28-27(33)31(22-12-13-22)18-25(32)30-16-15-29-14-4-7-24(29)26(30)20-5-3-6-23(17-20)34-2/h3-11,14,17,22,26H,12-13,15-16,18H2,1-2H3,(H,28,33). The minimum absolute atomic E-state index is 0.0498. The van der Waals surface area contributed by atoms with Crippen molar-refractivity contribution in [2.45, 2.75) is 38.4 Å². The van der Waals surface area contributed by atoms with Crippen LogP contribution < -0.4 is 10.1 Å². The number of urea groups is 1. The number of aromatic nitrogens is 1. The highest BCUT2D eigenvalue weighted by molar-refractivity contribution is 5.93. The molecule has 2 aliphatic rings. The Morgan fingerprint density at radius 2 is 1.85 bits per heavy atom. The van der Waals surface area contributed by atoms with E-state index in [1.807, 2.05) is 66.4 Å². The molecule has 3 aromatic rings. The first kappa shape index (κ1) is 22.1. The molecule has 0 saturated heterocycles. The normalized spacial score (nSPS) is 17.1. The number of hydrogen-bond donors (Lipinski definition) is 1. The molecule has 0 radical (unpaired) electrons. The van der Waals surface area contributed by atoms with E-state index in [0.29, 0.717) is 6.54 Å². The molecule has 0 bridgehead atoms. The van der Waals surface area contributed by atoms with Crippen LogP contribution in [0, 0.1) is 6.92 Å². The Morgan fingerprint density at radius 3 is 2.59 bits per heavy atom. The summed E-state index contributed by atoms with van der Waals surface area (Å²) in [6.07, 6.45) is 3.91. The third kappa shape index (κ3) is 4.51. The van der Waals surface area contributed by atoms with Gasteiger partial charge in [0.25, 0.3) is 0 Å². The SMILES string of the molecule is COc1cccc(C2c3cccn3CCN2C(=O)CN(C(=O)Nc2ccc(C)cc2)C2CC2)c1. The van der Waals surface area contributed by atoms with Gasteiger partial charge in [-0.3, -0.25) is 4.79 Å². The van der Waals surface area contributed by atoms with Gasteiger partial charge in [-0.1, -0.05) is 29.8 Å². The van der Waals surface area contributed by atoms with E-state index in [-0.39, 0.29) is 30.6 Å². The number of fused-ring (bicyclic) bond motifs is 1. The van der Waals surface area contributed by atoms with Gasteiger partial charge in [0.2, 0.25) is 5.91 Å². The van der Waals surface area contributed by atoms with Crippen molar-refractivity contribution in [2.75, 3.05) is 25.5 Å². The van der Waals surface area contributed by atoms with Crippen molar-refractivity contribution < 1.29 is 14.3 Å². The predicted octanol–water partition coefficient (Wildman–Crippen LogP) is 4.43. The van der Waals surface area contributed by atoms with Crippen molar-refractivity contribution in [3.05, 3.63) is 83.7 Å². The van der Waals surface area contributed by atoms with Crippen LogP contribution in [0.2, 0.25) is 0 Å². The molecule has 2 heterocycles. The highest BCUT2D eigenvalue weighted by Crippen LogP contribution is 2.35. The number of methoxy groups -OCH3 is 1. The summed E-state index contributed by atoms with van der Waals surface area (Å²) in [5.74, 6) is 0.705. The molecule has 7 nitrogen and oxygen atoms in total. The molecule has 1 aliphatic carbocycles. The van der Waals surface area contributed by atoms with Gasteiger partial charge in [0.1, 0.15) is 12.3 Å². The lowest BCUT2D eigenvalue weighted by molar-refractivity contribution is -0.134. The van der Waals surface area contributed by atoms with Crippen molar-refractivity contribution in [1.82, 2.24) is 14.4 Å². The van der Waals surface area contributed by atoms with Gasteiger partial charge in [0.05, 0.1) is 13.2 Å². The minimum Gasteiger partial charge on any atom is -0.497 e. The molecule has 1 unspecified atom stereocenters. The van der Waals surface area contributed by atoms with Gasteiger partial charge in [-0.05, 0) is 61.7 Å². The molecule has 0 spiro atoms. The molecule has 1 aromatic heterocycles. The number of carbonyl (C=O) groups is 2. The predicted molar refractivity (Wildman–Crippen MR) is 131 cm³/mol. The maximum atomic E-state index is 13.7. The first-order valence-corrected chi connectivity index (χ1v) is 11.8. The number of aryl methyl sites for hydroxylation is 1. The Labute approximate surface area is 199 Å². The monoisotopic (exact) mass is 458 g/mol. The van der Waals surface area contributed by atoms with E-state index in [1.54, 1.807) is 12.0 Å². The number of anilines is 1. The number of carbonyl (C=O) groups excluding carboxylic acids is 2. The number of hydrogen-bond acceptors (Lipinski definition) is 3. The first-order chi connectivity index (χ1) is 16.5. The molecule has 2 aromatic carbocycles. The van der Waals surface area contributed by atoms with Crippen molar-refractivity contribution >= 4 is 17.6 Å². The number of nitrogens with one attached hydrogen (secondary N) is 1. The van der Waals surface area contributed by atoms with Gasteiger partial charge in [0.15, 0.2) is 0 Å². The topological polar surface area (TPSA) is 66.8 Å². The zero-order valence-electron chi connectivity index (χ0n) is 19.6. The Morgan fingerprint density at radius 1 is 1.06 bits per heavy atom. The quantitative estimate of drug-likeness (QED) is 0.594. The lowest BCUT2D eigenvalue weighted by Crippen LogP contribution is -2.49. The van der Waals surface area contributed by atoms with Crippen LogP contribution in [-0.2, 0) is 11.3 Å². The summed E-state index contributed by atoms with van der Waals surface area (Å²) >= 11 is 0. The second kappa shape index (κ2) is 9.25. The van der Waals surface area contributed by atoms with E-state index >= 15 is 0 Å². The lowest BCUT2D eigenvalue weighted by Gasteiger charge is -2.38. The van der Waals surface area contributed by atoms with Crippen molar-refractivity contribution in [3.63, 3.8) is 0 Å². The Hall–Kier alpha value is -3.74. The maximum absolute atomic E-state index is 13.7. The number of rotatable bonds is 6. The molecule has 34 heavy (non-hydrogen) atoms. The smallest absolute Gasteiger partial charge is 0.322 e. The highest BCUT2D eigenvalue weighted by Gasteiger charge is 2.38. The van der Waals surface area contributed by atoms with Crippen LogP contribution in [0.1, 0.15) is 35.7 Å². The molecule has 7 heteroatoms. The van der Waals surface area contributed by atoms with Gasteiger partial charge in [-0.25, -0.2) is 4.79 Å². The van der Waals surface area contributed by atoms with E-state index < -0.39 is 0 Å². The van der Waals surface area contributed by atoms with Crippen LogP contribution >= 0.6 is 0 Å². The third-order valence-corrected chi connectivity index (χ3v) is 6.63.